The van der Waals surface area contributed by atoms with E-state index in [2.05, 4.69) is 27.3 Å². The van der Waals surface area contributed by atoms with Gasteiger partial charge in [0.2, 0.25) is 6.79 Å². The second kappa shape index (κ2) is 6.67. The van der Waals surface area contributed by atoms with Crippen molar-refractivity contribution in [1.29, 1.82) is 0 Å². The topological polar surface area (TPSA) is 55.9 Å². The van der Waals surface area contributed by atoms with Crippen LogP contribution in [-0.4, -0.2) is 43.4 Å². The second-order valence-corrected chi connectivity index (χ2v) is 5.99. The molecule has 0 amide bonds. The van der Waals surface area contributed by atoms with Crippen molar-refractivity contribution in [2.75, 3.05) is 33.5 Å². The van der Waals surface area contributed by atoms with Crippen molar-refractivity contribution in [2.24, 2.45) is 0 Å². The second-order valence-electron chi connectivity index (χ2n) is 5.99. The van der Waals surface area contributed by atoms with E-state index < -0.39 is 0 Å². The van der Waals surface area contributed by atoms with Gasteiger partial charge in [0.05, 0.1) is 7.11 Å². The zero-order chi connectivity index (χ0) is 16.4. The Labute approximate surface area is 141 Å². The van der Waals surface area contributed by atoms with Crippen molar-refractivity contribution in [2.45, 2.75) is 12.6 Å². The number of nitrogens with zero attached hydrogens (tertiary/aromatic N) is 2. The third kappa shape index (κ3) is 2.90. The highest BCUT2D eigenvalue weighted by molar-refractivity contribution is 5.51. The van der Waals surface area contributed by atoms with Gasteiger partial charge in [-0.2, -0.15) is 0 Å². The summed E-state index contributed by atoms with van der Waals surface area (Å²) >= 11 is 0. The summed E-state index contributed by atoms with van der Waals surface area (Å²) in [6.45, 7) is 3.96. The molecular weight excluding hydrogens is 306 g/mol. The summed E-state index contributed by atoms with van der Waals surface area (Å²) in [4.78, 5) is 6.59. The van der Waals surface area contributed by atoms with E-state index in [1.54, 1.807) is 7.11 Å². The molecule has 6 nitrogen and oxygen atoms in total. The molecule has 126 valence electrons. The molecule has 0 bridgehead atoms. The van der Waals surface area contributed by atoms with E-state index in [1.165, 1.54) is 5.56 Å². The SMILES string of the molecule is COc1cc2c(cc1CN1CCNCC1c1ccncc1)OCO2. The van der Waals surface area contributed by atoms with Gasteiger partial charge in [-0.3, -0.25) is 9.88 Å². The first-order valence-corrected chi connectivity index (χ1v) is 8.16. The van der Waals surface area contributed by atoms with Crippen molar-refractivity contribution < 1.29 is 14.2 Å². The van der Waals surface area contributed by atoms with Gasteiger partial charge in [0.1, 0.15) is 5.75 Å². The van der Waals surface area contributed by atoms with E-state index in [-0.39, 0.29) is 6.79 Å². The van der Waals surface area contributed by atoms with Crippen molar-refractivity contribution >= 4 is 0 Å². The van der Waals surface area contributed by atoms with Gasteiger partial charge in [0, 0.05) is 56.2 Å². The Hall–Kier alpha value is -2.31. The summed E-state index contributed by atoms with van der Waals surface area (Å²) in [6, 6.07) is 8.44. The van der Waals surface area contributed by atoms with Gasteiger partial charge < -0.3 is 19.5 Å². The van der Waals surface area contributed by atoms with Crippen LogP contribution in [0.3, 0.4) is 0 Å². The third-order valence-corrected chi connectivity index (χ3v) is 4.59. The molecule has 0 spiro atoms. The fourth-order valence-electron chi connectivity index (χ4n) is 3.35. The summed E-state index contributed by atoms with van der Waals surface area (Å²) in [5.74, 6) is 2.38. The summed E-state index contributed by atoms with van der Waals surface area (Å²) in [6.07, 6.45) is 3.70. The molecule has 1 N–H and O–H groups in total. The number of fused-ring (bicyclic) bond motifs is 1. The number of piperazine rings is 1. The molecule has 0 radical (unpaired) electrons. The number of hydrogen-bond donors (Lipinski definition) is 1. The molecule has 1 aromatic heterocycles. The standard InChI is InChI=1S/C18H21N3O3/c1-22-16-9-18-17(23-12-24-18)8-14(16)11-21-7-6-20-10-15(21)13-2-4-19-5-3-13/h2-5,8-9,15,20H,6-7,10-12H2,1H3. The van der Waals surface area contributed by atoms with Crippen LogP contribution >= 0.6 is 0 Å². The highest BCUT2D eigenvalue weighted by Crippen LogP contribution is 2.39. The van der Waals surface area contributed by atoms with Crippen LogP contribution in [0.4, 0.5) is 0 Å². The first kappa shape index (κ1) is 15.2. The Bertz CT molecular complexity index is 708. The monoisotopic (exact) mass is 327 g/mol. The van der Waals surface area contributed by atoms with Crippen molar-refractivity contribution in [3.8, 4) is 17.2 Å². The highest BCUT2D eigenvalue weighted by Gasteiger charge is 2.26. The summed E-state index contributed by atoms with van der Waals surface area (Å²) in [5.41, 5.74) is 2.39. The maximum atomic E-state index is 5.57. The minimum absolute atomic E-state index is 0.273. The quantitative estimate of drug-likeness (QED) is 0.926. The van der Waals surface area contributed by atoms with Gasteiger partial charge in [-0.05, 0) is 23.8 Å². The number of rotatable bonds is 4. The van der Waals surface area contributed by atoms with E-state index in [0.717, 1.165) is 49.0 Å². The van der Waals surface area contributed by atoms with Crippen molar-refractivity contribution in [1.82, 2.24) is 15.2 Å². The number of pyridine rings is 1. The maximum absolute atomic E-state index is 5.57. The fourth-order valence-corrected chi connectivity index (χ4v) is 3.35. The van der Waals surface area contributed by atoms with Gasteiger partial charge in [-0.1, -0.05) is 0 Å². The first-order valence-electron chi connectivity index (χ1n) is 8.16. The van der Waals surface area contributed by atoms with Crippen LogP contribution in [0, 0.1) is 0 Å². The molecular formula is C18H21N3O3. The lowest BCUT2D eigenvalue weighted by Gasteiger charge is -2.36. The largest absolute Gasteiger partial charge is 0.496 e. The molecule has 2 aromatic rings. The molecule has 6 heteroatoms. The Balaban J connectivity index is 1.61. The molecule has 1 unspecified atom stereocenters. The Morgan fingerprint density at radius 3 is 2.83 bits per heavy atom. The van der Waals surface area contributed by atoms with Crippen molar-refractivity contribution in [3.63, 3.8) is 0 Å². The van der Waals surface area contributed by atoms with Gasteiger partial charge in [0.25, 0.3) is 0 Å². The average Bonchev–Trinajstić information content (AvgIpc) is 3.09. The minimum Gasteiger partial charge on any atom is -0.496 e. The van der Waals surface area contributed by atoms with E-state index in [4.69, 9.17) is 14.2 Å². The lowest BCUT2D eigenvalue weighted by atomic mass is 10.0. The lowest BCUT2D eigenvalue weighted by molar-refractivity contribution is 0.152. The van der Waals surface area contributed by atoms with Crippen LogP contribution in [0.25, 0.3) is 0 Å². The number of nitrogens with one attached hydrogen (secondary N) is 1. The maximum Gasteiger partial charge on any atom is 0.231 e. The molecule has 1 fully saturated rings. The van der Waals surface area contributed by atoms with Gasteiger partial charge in [0.15, 0.2) is 11.5 Å². The van der Waals surface area contributed by atoms with Gasteiger partial charge >= 0.3 is 0 Å². The molecule has 1 saturated heterocycles. The molecule has 0 saturated carbocycles. The lowest BCUT2D eigenvalue weighted by Crippen LogP contribution is -2.45. The van der Waals surface area contributed by atoms with Crippen LogP contribution in [0.2, 0.25) is 0 Å². The molecule has 24 heavy (non-hydrogen) atoms. The number of hydrogen-bond acceptors (Lipinski definition) is 6. The highest BCUT2D eigenvalue weighted by atomic mass is 16.7. The number of benzene rings is 1. The van der Waals surface area contributed by atoms with Crippen LogP contribution < -0.4 is 19.5 Å². The first-order chi connectivity index (χ1) is 11.8. The van der Waals surface area contributed by atoms with Crippen LogP contribution in [0.1, 0.15) is 17.2 Å². The molecule has 2 aliphatic heterocycles. The van der Waals surface area contributed by atoms with Gasteiger partial charge in [-0.25, -0.2) is 0 Å². The Morgan fingerprint density at radius 2 is 2.04 bits per heavy atom. The van der Waals surface area contributed by atoms with Gasteiger partial charge in [-0.15, -0.1) is 0 Å². The molecule has 3 heterocycles. The predicted molar refractivity (Wildman–Crippen MR) is 89.4 cm³/mol. The normalized spacial score (nSPS) is 20.1. The predicted octanol–water partition coefficient (Wildman–Crippen LogP) is 1.97. The van der Waals surface area contributed by atoms with E-state index >= 15 is 0 Å². The molecule has 4 rings (SSSR count). The van der Waals surface area contributed by atoms with Crippen LogP contribution in [0.15, 0.2) is 36.7 Å². The Kier molecular flexibility index (Phi) is 4.23. The molecule has 0 aliphatic carbocycles. The Morgan fingerprint density at radius 1 is 1.25 bits per heavy atom. The molecule has 1 aromatic carbocycles. The van der Waals surface area contributed by atoms with E-state index in [9.17, 15) is 0 Å². The van der Waals surface area contributed by atoms with Crippen LogP contribution in [-0.2, 0) is 6.54 Å². The zero-order valence-electron chi connectivity index (χ0n) is 13.7. The molecule has 1 atom stereocenters. The number of methoxy groups -OCH3 is 1. The van der Waals surface area contributed by atoms with E-state index in [0.29, 0.717) is 6.04 Å². The number of aromatic nitrogens is 1. The summed E-state index contributed by atoms with van der Waals surface area (Å²) in [5, 5.41) is 3.48. The van der Waals surface area contributed by atoms with Crippen LogP contribution in [0.5, 0.6) is 17.2 Å². The van der Waals surface area contributed by atoms with E-state index in [1.807, 2.05) is 24.5 Å². The number of ether oxygens (including phenoxy) is 3. The third-order valence-electron chi connectivity index (χ3n) is 4.59. The summed E-state index contributed by atoms with van der Waals surface area (Å²) < 4.78 is 16.5. The average molecular weight is 327 g/mol. The summed E-state index contributed by atoms with van der Waals surface area (Å²) in [7, 11) is 1.69. The fraction of sp³-hybridized carbons (Fsp3) is 0.389. The zero-order valence-corrected chi connectivity index (χ0v) is 13.7. The van der Waals surface area contributed by atoms with Crippen molar-refractivity contribution in [3.05, 3.63) is 47.8 Å². The smallest absolute Gasteiger partial charge is 0.231 e. The minimum atomic E-state index is 0.273. The molecule has 2 aliphatic rings.